The highest BCUT2D eigenvalue weighted by Crippen LogP contribution is 2.13. The lowest BCUT2D eigenvalue weighted by Crippen LogP contribution is -2.45. The molecule has 4 nitrogen and oxygen atoms in total. The van der Waals surface area contributed by atoms with E-state index in [0.717, 1.165) is 77.0 Å². The Morgan fingerprint density at radius 1 is 0.463 bits per heavy atom. The molecule has 0 radical (unpaired) electrons. The van der Waals surface area contributed by atoms with Crippen LogP contribution in [0.15, 0.2) is 109 Å². The quantitative estimate of drug-likeness (QED) is 0.0435. The fraction of sp³-hybridized carbons (Fsp3) is 0.620. The van der Waals surface area contributed by atoms with Gasteiger partial charge in [0.05, 0.1) is 18.8 Å². The van der Waals surface area contributed by atoms with E-state index >= 15 is 0 Å². The molecule has 0 spiro atoms. The number of hydrogen-bond acceptors (Lipinski definition) is 3. The summed E-state index contributed by atoms with van der Waals surface area (Å²) in [6.45, 7) is 4.12. The molecule has 1 amide bonds. The van der Waals surface area contributed by atoms with Gasteiger partial charge in [-0.15, -0.1) is 0 Å². The van der Waals surface area contributed by atoms with E-state index in [-0.39, 0.29) is 12.5 Å². The van der Waals surface area contributed by atoms with Crippen molar-refractivity contribution < 1.29 is 15.0 Å². The molecule has 0 bridgehead atoms. The zero-order chi connectivity index (χ0) is 39.3. The maximum absolute atomic E-state index is 12.3. The molecule has 0 heterocycles. The number of hydrogen-bond donors (Lipinski definition) is 3. The number of unbranched alkanes of at least 4 members (excludes halogenated alkanes) is 15. The second-order valence-electron chi connectivity index (χ2n) is 14.4. The number of aliphatic hydroxyl groups excluding tert-OH is 2. The Morgan fingerprint density at radius 3 is 1.22 bits per heavy atom. The van der Waals surface area contributed by atoms with E-state index in [2.05, 4.69) is 116 Å². The van der Waals surface area contributed by atoms with Crippen LogP contribution in [0, 0.1) is 0 Å². The van der Waals surface area contributed by atoms with Gasteiger partial charge in [-0.25, -0.2) is 0 Å². The summed E-state index contributed by atoms with van der Waals surface area (Å²) < 4.78 is 0. The number of allylic oxidation sites excluding steroid dienone is 17. The molecule has 0 saturated carbocycles. The molecule has 0 rings (SSSR count). The molecule has 0 aromatic carbocycles. The first-order valence-corrected chi connectivity index (χ1v) is 22.1. The Kier molecular flexibility index (Phi) is 42.0. The van der Waals surface area contributed by atoms with Crippen LogP contribution < -0.4 is 5.32 Å². The van der Waals surface area contributed by atoms with Crippen molar-refractivity contribution in [3.8, 4) is 0 Å². The van der Waals surface area contributed by atoms with Crippen LogP contribution in [0.2, 0.25) is 0 Å². The Bertz CT molecular complexity index is 1070. The van der Waals surface area contributed by atoms with Crippen LogP contribution in [0.1, 0.15) is 181 Å². The lowest BCUT2D eigenvalue weighted by atomic mass is 10.0. The van der Waals surface area contributed by atoms with Crippen LogP contribution in [-0.4, -0.2) is 34.9 Å². The van der Waals surface area contributed by atoms with Crippen LogP contribution in [0.25, 0.3) is 0 Å². The fourth-order valence-electron chi connectivity index (χ4n) is 5.90. The third kappa shape index (κ3) is 40.2. The van der Waals surface area contributed by atoms with Gasteiger partial charge in [0.25, 0.3) is 0 Å². The predicted octanol–water partition coefficient (Wildman–Crippen LogP) is 14.0. The van der Waals surface area contributed by atoms with Gasteiger partial charge in [-0.2, -0.15) is 0 Å². The van der Waals surface area contributed by atoms with Gasteiger partial charge in [0.2, 0.25) is 5.91 Å². The topological polar surface area (TPSA) is 69.6 Å². The molecule has 0 fully saturated rings. The molecule has 0 aromatic rings. The van der Waals surface area contributed by atoms with Crippen LogP contribution in [0.3, 0.4) is 0 Å². The minimum absolute atomic E-state index is 0.0794. The first-order chi connectivity index (χ1) is 26.7. The number of nitrogens with one attached hydrogen (secondary N) is 1. The standard InChI is InChI=1S/C50H83NO3/c1-3-5-7-9-11-12-13-14-15-16-17-18-19-20-21-22-23-24-25-26-27-28-29-30-31-32-33-34-35-36-37-38-40-42-44-46-50(54)51-48(47-52)49(53)45-43-41-39-10-8-6-4-2/h5,7,11-12,14-15,17-18,20-21,23-24,26-27,29-30,43,45,48-49,52-53H,3-4,6,8-10,13,16,19,22,25,28,31-42,44,46-47H2,1-2H3,(H,51,54)/b7-5-,12-11-,15-14-,18-17-,21-20-,24-23-,27-26-,30-29-,45-43+. The Labute approximate surface area is 334 Å². The van der Waals surface area contributed by atoms with Crippen molar-refractivity contribution >= 4 is 5.91 Å². The van der Waals surface area contributed by atoms with Crippen molar-refractivity contribution in [2.24, 2.45) is 0 Å². The first-order valence-electron chi connectivity index (χ1n) is 22.1. The van der Waals surface area contributed by atoms with E-state index in [1.165, 1.54) is 83.5 Å². The molecule has 0 aliphatic rings. The minimum Gasteiger partial charge on any atom is -0.394 e. The summed E-state index contributed by atoms with van der Waals surface area (Å²) in [6, 6.07) is -0.628. The maximum atomic E-state index is 12.3. The maximum Gasteiger partial charge on any atom is 0.220 e. The molecular weight excluding hydrogens is 663 g/mol. The molecule has 0 aliphatic carbocycles. The first kappa shape index (κ1) is 51.0. The minimum atomic E-state index is -0.843. The van der Waals surface area contributed by atoms with Crippen molar-refractivity contribution in [3.05, 3.63) is 109 Å². The van der Waals surface area contributed by atoms with E-state index in [4.69, 9.17) is 0 Å². The zero-order valence-electron chi connectivity index (χ0n) is 34.9. The fourth-order valence-corrected chi connectivity index (χ4v) is 5.90. The van der Waals surface area contributed by atoms with Crippen molar-refractivity contribution in [1.29, 1.82) is 0 Å². The Hall–Kier alpha value is -2.95. The summed E-state index contributed by atoms with van der Waals surface area (Å²) in [7, 11) is 0. The lowest BCUT2D eigenvalue weighted by molar-refractivity contribution is -0.123. The summed E-state index contributed by atoms with van der Waals surface area (Å²) in [5.74, 6) is -0.0794. The molecule has 0 aliphatic heterocycles. The van der Waals surface area contributed by atoms with Crippen molar-refractivity contribution in [3.63, 3.8) is 0 Å². The van der Waals surface area contributed by atoms with Gasteiger partial charge < -0.3 is 15.5 Å². The smallest absolute Gasteiger partial charge is 0.220 e. The highest BCUT2D eigenvalue weighted by molar-refractivity contribution is 5.76. The monoisotopic (exact) mass is 746 g/mol. The van der Waals surface area contributed by atoms with Crippen LogP contribution in [0.5, 0.6) is 0 Å². The van der Waals surface area contributed by atoms with E-state index in [1.807, 2.05) is 6.08 Å². The summed E-state index contributed by atoms with van der Waals surface area (Å²) >= 11 is 0. The third-order valence-electron chi connectivity index (χ3n) is 9.26. The van der Waals surface area contributed by atoms with Gasteiger partial charge in [-0.05, 0) is 83.5 Å². The van der Waals surface area contributed by atoms with Crippen molar-refractivity contribution in [1.82, 2.24) is 5.32 Å². The van der Waals surface area contributed by atoms with E-state index in [9.17, 15) is 15.0 Å². The summed E-state index contributed by atoms with van der Waals surface area (Å²) in [5, 5.41) is 22.8. The molecule has 0 saturated heterocycles. The van der Waals surface area contributed by atoms with Gasteiger partial charge in [-0.1, -0.05) is 200 Å². The third-order valence-corrected chi connectivity index (χ3v) is 9.26. The van der Waals surface area contributed by atoms with Crippen LogP contribution in [0.4, 0.5) is 0 Å². The van der Waals surface area contributed by atoms with Crippen LogP contribution in [-0.2, 0) is 4.79 Å². The van der Waals surface area contributed by atoms with Gasteiger partial charge in [0.15, 0.2) is 0 Å². The molecule has 54 heavy (non-hydrogen) atoms. The zero-order valence-corrected chi connectivity index (χ0v) is 34.9. The molecule has 3 N–H and O–H groups in total. The van der Waals surface area contributed by atoms with Crippen molar-refractivity contribution in [2.75, 3.05) is 6.61 Å². The predicted molar refractivity (Wildman–Crippen MR) is 239 cm³/mol. The van der Waals surface area contributed by atoms with E-state index in [1.54, 1.807) is 6.08 Å². The molecule has 306 valence electrons. The van der Waals surface area contributed by atoms with Gasteiger partial charge in [0.1, 0.15) is 0 Å². The number of amides is 1. The molecule has 2 unspecified atom stereocenters. The molecular formula is C50H83NO3. The van der Waals surface area contributed by atoms with Gasteiger partial charge >= 0.3 is 0 Å². The van der Waals surface area contributed by atoms with Gasteiger partial charge in [0, 0.05) is 6.42 Å². The average molecular weight is 746 g/mol. The second-order valence-corrected chi connectivity index (χ2v) is 14.4. The number of rotatable bonds is 38. The number of carbonyl (C=O) groups excluding carboxylic acids is 1. The van der Waals surface area contributed by atoms with E-state index in [0.29, 0.717) is 6.42 Å². The van der Waals surface area contributed by atoms with Gasteiger partial charge in [-0.3, -0.25) is 4.79 Å². The molecule has 0 aromatic heterocycles. The highest BCUT2D eigenvalue weighted by Gasteiger charge is 2.17. The second kappa shape index (κ2) is 44.4. The van der Waals surface area contributed by atoms with Crippen LogP contribution >= 0.6 is 0 Å². The number of carbonyl (C=O) groups is 1. The largest absolute Gasteiger partial charge is 0.394 e. The normalized spacial score (nSPS) is 14.1. The lowest BCUT2D eigenvalue weighted by Gasteiger charge is -2.20. The van der Waals surface area contributed by atoms with E-state index < -0.39 is 12.1 Å². The Balaban J connectivity index is 3.59. The summed E-state index contributed by atoms with van der Waals surface area (Å²) in [5.41, 5.74) is 0. The van der Waals surface area contributed by atoms with Crippen molar-refractivity contribution in [2.45, 2.75) is 193 Å². The molecule has 4 heteroatoms. The molecule has 2 atom stereocenters. The summed E-state index contributed by atoms with van der Waals surface area (Å²) in [4.78, 5) is 12.3. The number of aliphatic hydroxyl groups is 2. The average Bonchev–Trinajstić information content (AvgIpc) is 3.18. The summed E-state index contributed by atoms with van der Waals surface area (Å²) in [6.07, 6.45) is 67.9. The highest BCUT2D eigenvalue weighted by atomic mass is 16.3. The Morgan fingerprint density at radius 2 is 0.815 bits per heavy atom. The SMILES string of the molecule is CC/C=C\C/C=C\C/C=C\C/C=C\C/C=C\C/C=C\C/C=C\C/C=C\CCCCCCCCCCCCC(=O)NC(CO)C(O)/C=C/CCCCCCC.